The van der Waals surface area contributed by atoms with Crippen LogP contribution in [0.15, 0.2) is 123 Å². The highest BCUT2D eigenvalue weighted by molar-refractivity contribution is 8.19. The maximum Gasteiger partial charge on any atom is 0.294 e. The molecule has 6 N–H and O–H groups in total. The largest absolute Gasteiger partial charge is 0.457 e. The van der Waals surface area contributed by atoms with Crippen LogP contribution < -0.4 is 9.64 Å². The zero-order valence-electron chi connectivity index (χ0n) is 34.1. The molecule has 3 aliphatic rings. The monoisotopic (exact) mass is 919 g/mol. The zero-order valence-corrected chi connectivity index (χ0v) is 37.4. The minimum atomic E-state index is -4.53. The highest BCUT2D eigenvalue weighted by atomic mass is 32.3. The van der Waals surface area contributed by atoms with E-state index in [2.05, 4.69) is 0 Å². The fourth-order valence-corrected chi connectivity index (χ4v) is 10.3. The molecule has 0 saturated heterocycles. The van der Waals surface area contributed by atoms with Gasteiger partial charge in [-0.05, 0) is 111 Å². The fraction of sp³-hybridized carbons (Fsp3) is 0.357. The highest BCUT2D eigenvalue weighted by Gasteiger charge is 2.45. The van der Waals surface area contributed by atoms with E-state index in [0.29, 0.717) is 52.6 Å². The first kappa shape index (κ1) is 46.4. The van der Waals surface area contributed by atoms with Gasteiger partial charge in [-0.2, -0.15) is 29.8 Å². The highest BCUT2D eigenvalue weighted by Crippen LogP contribution is 2.53. The van der Waals surface area contributed by atoms with Gasteiger partial charge >= 0.3 is 0 Å². The number of para-hydroxylation sites is 1. The Kier molecular flexibility index (Phi) is 13.1. The van der Waals surface area contributed by atoms with Gasteiger partial charge in [0, 0.05) is 47.5 Å². The first-order valence-electron chi connectivity index (χ1n) is 19.4. The van der Waals surface area contributed by atoms with Crippen molar-refractivity contribution in [1.82, 2.24) is 0 Å². The van der Waals surface area contributed by atoms with Gasteiger partial charge in [-0.25, -0.2) is 0 Å². The van der Waals surface area contributed by atoms with Crippen molar-refractivity contribution in [3.63, 3.8) is 0 Å². The zero-order chi connectivity index (χ0) is 44.8. The Labute approximate surface area is 358 Å². The lowest BCUT2D eigenvalue weighted by atomic mass is 9.81. The average molecular weight is 920 g/mol. The number of benzene rings is 3. The molecule has 0 radical (unpaired) electrons. The van der Waals surface area contributed by atoms with Crippen LogP contribution in [0.25, 0.3) is 0 Å². The second-order valence-corrected chi connectivity index (χ2v) is 22.3. The summed E-state index contributed by atoms with van der Waals surface area (Å²) in [5.74, 6) is 0.187. The predicted octanol–water partition coefficient (Wildman–Crippen LogP) is 8.13. The first-order chi connectivity index (χ1) is 28.3. The summed E-state index contributed by atoms with van der Waals surface area (Å²) in [6.07, 6.45) is 9.76. The van der Waals surface area contributed by atoms with E-state index in [1.807, 2.05) is 91.8 Å². The summed E-state index contributed by atoms with van der Waals surface area (Å²) in [6.45, 7) is 8.01. The Morgan fingerprint density at radius 2 is 1.36 bits per heavy atom. The molecule has 2 heterocycles. The smallest absolute Gasteiger partial charge is 0.294 e. The number of allylic oxidation sites excluding steroid dienone is 7. The molecule has 0 bridgehead atoms. The van der Waals surface area contributed by atoms with Crippen LogP contribution in [0.1, 0.15) is 70.9 Å². The van der Waals surface area contributed by atoms with Crippen molar-refractivity contribution in [2.45, 2.75) is 80.4 Å². The SMILES string of the molecule is CC1(C)C(=CC=C2CCCC(C=CC3=[N+](CCCS(=O)(=O)O)c4ccc(S(=O)(=O)O)cc4C3(C)C)=C2Oc2ccccc2)N(CCCS(=O)(=O)O)c2ccc(S(O)(O)O)cc21. The van der Waals surface area contributed by atoms with Crippen LogP contribution in [-0.2, 0) is 41.2 Å². The second kappa shape index (κ2) is 17.2. The molecule has 0 saturated carbocycles. The third-order valence-electron chi connectivity index (χ3n) is 11.2. The maximum absolute atomic E-state index is 12.2. The van der Waals surface area contributed by atoms with E-state index in [9.17, 15) is 52.6 Å². The van der Waals surface area contributed by atoms with E-state index < -0.39 is 63.6 Å². The van der Waals surface area contributed by atoms with Crippen LogP contribution in [0.4, 0.5) is 11.4 Å². The second-order valence-electron chi connectivity index (χ2n) is 16.3. The molecule has 19 heteroatoms. The Balaban J connectivity index is 1.47. The molecule has 0 atom stereocenters. The lowest BCUT2D eigenvalue weighted by molar-refractivity contribution is -0.437. The molecule has 2 aliphatic heterocycles. The third kappa shape index (κ3) is 10.6. The Morgan fingerprint density at radius 1 is 0.721 bits per heavy atom. The van der Waals surface area contributed by atoms with E-state index in [1.165, 1.54) is 24.3 Å². The van der Waals surface area contributed by atoms with Gasteiger partial charge in [-0.15, -0.1) is 0 Å². The van der Waals surface area contributed by atoms with Gasteiger partial charge in [-0.1, -0.05) is 38.1 Å². The summed E-state index contributed by atoms with van der Waals surface area (Å²) in [5, 5.41) is 0. The Morgan fingerprint density at radius 3 is 2.00 bits per heavy atom. The topological polar surface area (TPSA) is 239 Å². The number of rotatable bonds is 15. The lowest BCUT2D eigenvalue weighted by Gasteiger charge is -2.27. The Bertz CT molecular complexity index is 2710. The molecule has 0 unspecified atom stereocenters. The number of anilines is 1. The third-order valence-corrected chi connectivity index (χ3v) is 14.6. The van der Waals surface area contributed by atoms with E-state index in [4.69, 9.17) is 4.74 Å². The van der Waals surface area contributed by atoms with Crippen molar-refractivity contribution in [2.24, 2.45) is 0 Å². The molecule has 0 aromatic heterocycles. The first-order valence-corrected chi connectivity index (χ1v) is 25.6. The molecule has 0 fully saturated rings. The summed E-state index contributed by atoms with van der Waals surface area (Å²) in [5.41, 5.74) is 4.06. The lowest BCUT2D eigenvalue weighted by Crippen LogP contribution is -2.28. The molecule has 6 rings (SSSR count). The van der Waals surface area contributed by atoms with Crippen molar-refractivity contribution in [3.05, 3.63) is 125 Å². The molecule has 61 heavy (non-hydrogen) atoms. The maximum atomic E-state index is 12.2. The molecular weight excluding hydrogens is 869 g/mol. The number of hydrogen-bond donors (Lipinski definition) is 6. The molecule has 1 aliphatic carbocycles. The number of fused-ring (bicyclic) bond motifs is 2. The van der Waals surface area contributed by atoms with Crippen LogP contribution >= 0.6 is 10.9 Å². The molecule has 330 valence electrons. The van der Waals surface area contributed by atoms with Crippen LogP contribution in [0.3, 0.4) is 0 Å². The molecule has 0 spiro atoms. The van der Waals surface area contributed by atoms with E-state index in [1.54, 1.807) is 12.1 Å². The summed E-state index contributed by atoms with van der Waals surface area (Å²) in [7, 11) is -17.1. The van der Waals surface area contributed by atoms with Gasteiger partial charge in [-0.3, -0.25) is 13.7 Å². The fourth-order valence-electron chi connectivity index (χ4n) is 8.25. The predicted molar refractivity (Wildman–Crippen MR) is 235 cm³/mol. The Hall–Kier alpha value is -4.15. The summed E-state index contributed by atoms with van der Waals surface area (Å²) >= 11 is 0. The van der Waals surface area contributed by atoms with Crippen LogP contribution in [0.5, 0.6) is 5.75 Å². The van der Waals surface area contributed by atoms with Gasteiger partial charge in [0.15, 0.2) is 5.71 Å². The van der Waals surface area contributed by atoms with Crippen molar-refractivity contribution in [2.75, 3.05) is 29.5 Å². The number of hydrogen-bond acceptors (Lipinski definition) is 11. The molecule has 15 nitrogen and oxygen atoms in total. The minimum absolute atomic E-state index is 0.0642. The molecule has 0 amide bonds. The van der Waals surface area contributed by atoms with E-state index in [-0.39, 0.29) is 35.7 Å². The van der Waals surface area contributed by atoms with Gasteiger partial charge in [0.05, 0.1) is 26.7 Å². The standard InChI is InChI=1S/C42H50N2O13S4/c1-41(2)34-27-32(60(51,52)53)17-19-36(34)43(23-9-25-58(45,46)47)38(41)21-15-29-11-8-12-30(40(29)57-31-13-6-5-7-14-31)16-22-39-42(3,4)35-28-33(61(54,55)56)18-20-37(35)44(39)24-10-26-59(48,49)50/h5-7,13-22,27-28H,8-12,23-26H2,1-4H3,(H5-,45,46,47,48,49,50,51,52,53,54,55,56)/p+1. The van der Waals surface area contributed by atoms with Gasteiger partial charge < -0.3 is 23.3 Å². The summed E-state index contributed by atoms with van der Waals surface area (Å²) in [6, 6.07) is 18.0. The van der Waals surface area contributed by atoms with Gasteiger partial charge in [0.1, 0.15) is 28.9 Å². The van der Waals surface area contributed by atoms with Crippen LogP contribution in [-0.4, -0.2) is 87.5 Å². The number of nitrogens with zero attached hydrogens (tertiary/aromatic N) is 2. The van der Waals surface area contributed by atoms with Crippen molar-refractivity contribution in [3.8, 4) is 5.75 Å². The molecular formula is C42H51N2O13S4+. The van der Waals surface area contributed by atoms with Crippen molar-refractivity contribution in [1.29, 1.82) is 0 Å². The molecule has 3 aromatic carbocycles. The summed E-state index contributed by atoms with van der Waals surface area (Å²) < 4.78 is 139. The summed E-state index contributed by atoms with van der Waals surface area (Å²) in [4.78, 5) is 1.57. The van der Waals surface area contributed by atoms with Gasteiger partial charge in [0.25, 0.3) is 30.4 Å². The quantitative estimate of drug-likeness (QED) is 0.0624. The van der Waals surface area contributed by atoms with E-state index >= 15 is 0 Å². The van der Waals surface area contributed by atoms with Crippen LogP contribution in [0.2, 0.25) is 0 Å². The van der Waals surface area contributed by atoms with Crippen LogP contribution in [0, 0.1) is 0 Å². The van der Waals surface area contributed by atoms with Crippen molar-refractivity contribution < 1.29 is 61.9 Å². The minimum Gasteiger partial charge on any atom is -0.457 e. The normalized spacial score (nSPS) is 19.6. The van der Waals surface area contributed by atoms with Gasteiger partial charge in [0.2, 0.25) is 5.69 Å². The molecule has 3 aromatic rings. The van der Waals surface area contributed by atoms with E-state index in [0.717, 1.165) is 23.3 Å². The number of ether oxygens (including phenoxy) is 1. The average Bonchev–Trinajstić information content (AvgIpc) is 3.49. The van der Waals surface area contributed by atoms with Crippen molar-refractivity contribution >= 4 is 58.3 Å².